The third-order valence-corrected chi connectivity index (χ3v) is 4.17. The molecule has 4 heteroatoms. The number of nitrogens with two attached hydrogens (primary N) is 1. The largest absolute Gasteiger partial charge is 0.330 e. The Balaban J connectivity index is 5.14. The molecule has 0 bridgehead atoms. The van der Waals surface area contributed by atoms with Crippen LogP contribution in [0.2, 0.25) is 0 Å². The maximum Gasteiger partial charge on any atom is 0.150 e. The molecule has 0 rings (SSSR count). The molecular formula is C20H40N2O2. The Bertz CT molecular complexity index is 403. The minimum atomic E-state index is -0.418. The van der Waals surface area contributed by atoms with Crippen LogP contribution in [0.3, 0.4) is 0 Å². The van der Waals surface area contributed by atoms with Gasteiger partial charge in [0.2, 0.25) is 0 Å². The quantitative estimate of drug-likeness (QED) is 0.595. The Morgan fingerprint density at radius 2 is 1.54 bits per heavy atom. The molecule has 0 amide bonds. The number of ketones is 2. The number of unbranched alkanes of at least 4 members (excludes halogenated alkanes) is 1. The van der Waals surface area contributed by atoms with Crippen molar-refractivity contribution >= 4 is 11.6 Å². The summed E-state index contributed by atoms with van der Waals surface area (Å²) in [6.07, 6.45) is 2.87. The first-order chi connectivity index (χ1) is 10.8. The Hall–Kier alpha value is -0.740. The average Bonchev–Trinajstić information content (AvgIpc) is 2.40. The third-order valence-electron chi connectivity index (χ3n) is 4.17. The molecule has 0 saturated carbocycles. The fraction of sp³-hybridized carbons (Fsp3) is 0.900. The van der Waals surface area contributed by atoms with Gasteiger partial charge in [0.05, 0.1) is 6.04 Å². The Morgan fingerprint density at radius 1 is 1.00 bits per heavy atom. The van der Waals surface area contributed by atoms with Crippen molar-refractivity contribution in [2.45, 2.75) is 92.7 Å². The van der Waals surface area contributed by atoms with Crippen molar-refractivity contribution in [1.82, 2.24) is 5.32 Å². The molecule has 0 aliphatic carbocycles. The summed E-state index contributed by atoms with van der Waals surface area (Å²) in [7, 11) is 0. The molecule has 0 saturated heterocycles. The lowest BCUT2D eigenvalue weighted by atomic mass is 9.77. The molecule has 0 heterocycles. The van der Waals surface area contributed by atoms with E-state index in [2.05, 4.69) is 39.9 Å². The van der Waals surface area contributed by atoms with Gasteiger partial charge in [-0.15, -0.1) is 0 Å². The van der Waals surface area contributed by atoms with Crippen LogP contribution in [0.25, 0.3) is 0 Å². The molecule has 0 spiro atoms. The molecule has 2 atom stereocenters. The van der Waals surface area contributed by atoms with E-state index in [1.165, 1.54) is 0 Å². The van der Waals surface area contributed by atoms with E-state index in [0.29, 0.717) is 13.0 Å². The first kappa shape index (κ1) is 23.3. The summed E-state index contributed by atoms with van der Waals surface area (Å²) in [6, 6.07) is -0.213. The maximum absolute atomic E-state index is 12.9. The van der Waals surface area contributed by atoms with Gasteiger partial charge in [0.25, 0.3) is 0 Å². The zero-order chi connectivity index (χ0) is 19.1. The number of nitrogens with one attached hydrogen (secondary N) is 1. The zero-order valence-corrected chi connectivity index (χ0v) is 17.2. The monoisotopic (exact) mass is 340 g/mol. The molecule has 0 aliphatic heterocycles. The van der Waals surface area contributed by atoms with E-state index in [1.54, 1.807) is 0 Å². The van der Waals surface area contributed by atoms with Gasteiger partial charge in [-0.2, -0.15) is 0 Å². The summed E-state index contributed by atoms with van der Waals surface area (Å²) in [5.41, 5.74) is 5.02. The van der Waals surface area contributed by atoms with Gasteiger partial charge >= 0.3 is 0 Å². The molecule has 24 heavy (non-hydrogen) atoms. The highest BCUT2D eigenvalue weighted by Gasteiger charge is 2.34. The topological polar surface area (TPSA) is 72.2 Å². The van der Waals surface area contributed by atoms with Crippen molar-refractivity contribution < 1.29 is 9.59 Å². The minimum Gasteiger partial charge on any atom is -0.330 e. The van der Waals surface area contributed by atoms with E-state index in [-0.39, 0.29) is 35.0 Å². The van der Waals surface area contributed by atoms with Crippen molar-refractivity contribution in [1.29, 1.82) is 0 Å². The predicted octanol–water partition coefficient (Wildman–Crippen LogP) is 3.72. The molecule has 4 nitrogen and oxygen atoms in total. The number of carbonyl (C=O) groups is 2. The van der Waals surface area contributed by atoms with Crippen LogP contribution in [0, 0.1) is 17.3 Å². The van der Waals surface area contributed by atoms with Gasteiger partial charge < -0.3 is 11.1 Å². The van der Waals surface area contributed by atoms with Crippen LogP contribution >= 0.6 is 0 Å². The normalized spacial score (nSPS) is 15.4. The van der Waals surface area contributed by atoms with E-state index >= 15 is 0 Å². The number of hydrogen-bond donors (Lipinski definition) is 2. The van der Waals surface area contributed by atoms with Crippen LogP contribution in [0.15, 0.2) is 0 Å². The molecule has 0 aromatic rings. The van der Waals surface area contributed by atoms with Crippen LogP contribution < -0.4 is 11.1 Å². The lowest BCUT2D eigenvalue weighted by Gasteiger charge is -2.32. The number of hydrogen-bond acceptors (Lipinski definition) is 4. The van der Waals surface area contributed by atoms with E-state index in [0.717, 1.165) is 19.3 Å². The Morgan fingerprint density at radius 3 is 1.92 bits per heavy atom. The van der Waals surface area contributed by atoms with Crippen molar-refractivity contribution in [2.75, 3.05) is 6.54 Å². The van der Waals surface area contributed by atoms with Crippen LogP contribution in [0.5, 0.6) is 0 Å². The summed E-state index contributed by atoms with van der Waals surface area (Å²) in [4.78, 5) is 25.7. The van der Waals surface area contributed by atoms with Gasteiger partial charge in [0, 0.05) is 23.3 Å². The number of rotatable bonds is 10. The van der Waals surface area contributed by atoms with Crippen molar-refractivity contribution in [3.63, 3.8) is 0 Å². The molecule has 0 aromatic carbocycles. The summed E-state index contributed by atoms with van der Waals surface area (Å²) in [5.74, 6) is 0.333. The fourth-order valence-corrected chi connectivity index (χ4v) is 2.93. The predicted molar refractivity (Wildman–Crippen MR) is 102 cm³/mol. The first-order valence-electron chi connectivity index (χ1n) is 9.34. The van der Waals surface area contributed by atoms with Gasteiger partial charge in [-0.3, -0.25) is 9.59 Å². The molecular weight excluding hydrogens is 300 g/mol. The number of carbonyl (C=O) groups excluding carboxylic acids is 2. The second kappa shape index (κ2) is 9.67. The molecule has 0 radical (unpaired) electrons. The Labute approximate surface area is 149 Å². The lowest BCUT2D eigenvalue weighted by Crippen LogP contribution is -2.51. The molecule has 3 N–H and O–H groups in total. The minimum absolute atomic E-state index is 0.131. The lowest BCUT2D eigenvalue weighted by molar-refractivity contribution is -0.134. The average molecular weight is 341 g/mol. The standard InChI is InChI=1S/C20H40N2O2/c1-14(2)17(22-20(6,7)8)16(23)13-15(11-9-10-12-21)18(24)19(3,4)5/h14-15,17,22H,9-13,21H2,1-8H3. The molecule has 2 unspecified atom stereocenters. The van der Waals surface area contributed by atoms with Gasteiger partial charge in [0.1, 0.15) is 5.78 Å². The summed E-state index contributed by atoms with van der Waals surface area (Å²) >= 11 is 0. The molecule has 0 aromatic heterocycles. The Kier molecular flexibility index (Phi) is 9.37. The fourth-order valence-electron chi connectivity index (χ4n) is 2.93. The second-order valence-electron chi connectivity index (χ2n) is 9.38. The van der Waals surface area contributed by atoms with E-state index in [4.69, 9.17) is 5.73 Å². The van der Waals surface area contributed by atoms with Gasteiger partial charge in [-0.1, -0.05) is 41.0 Å². The van der Waals surface area contributed by atoms with Crippen LogP contribution in [0.1, 0.15) is 81.1 Å². The zero-order valence-electron chi connectivity index (χ0n) is 17.2. The van der Waals surface area contributed by atoms with Gasteiger partial charge in [-0.25, -0.2) is 0 Å². The highest BCUT2D eigenvalue weighted by molar-refractivity contribution is 5.92. The van der Waals surface area contributed by atoms with E-state index in [1.807, 2.05) is 20.8 Å². The third kappa shape index (κ3) is 8.93. The van der Waals surface area contributed by atoms with Gasteiger partial charge in [-0.05, 0) is 46.1 Å². The second-order valence-corrected chi connectivity index (χ2v) is 9.38. The van der Waals surface area contributed by atoms with Gasteiger partial charge in [0.15, 0.2) is 5.78 Å². The van der Waals surface area contributed by atoms with Crippen LogP contribution in [-0.2, 0) is 9.59 Å². The summed E-state index contributed by atoms with van der Waals surface area (Å²) < 4.78 is 0. The number of Topliss-reactive ketones (excluding diaryl/α,β-unsaturated/α-hetero) is 2. The maximum atomic E-state index is 12.9. The highest BCUT2D eigenvalue weighted by Crippen LogP contribution is 2.27. The SMILES string of the molecule is CC(C)C(NC(C)(C)C)C(=O)CC(CCCCN)C(=O)C(C)(C)C. The van der Waals surface area contributed by atoms with E-state index in [9.17, 15) is 9.59 Å². The van der Waals surface area contributed by atoms with E-state index < -0.39 is 5.41 Å². The molecule has 0 aliphatic rings. The van der Waals surface area contributed by atoms with Crippen LogP contribution in [0.4, 0.5) is 0 Å². The van der Waals surface area contributed by atoms with Crippen molar-refractivity contribution in [3.05, 3.63) is 0 Å². The van der Waals surface area contributed by atoms with Crippen LogP contribution in [-0.4, -0.2) is 29.7 Å². The highest BCUT2D eigenvalue weighted by atomic mass is 16.1. The molecule has 0 fully saturated rings. The molecule has 142 valence electrons. The van der Waals surface area contributed by atoms with Crippen molar-refractivity contribution in [2.24, 2.45) is 23.0 Å². The summed E-state index contributed by atoms with van der Waals surface area (Å²) in [5, 5.41) is 3.42. The van der Waals surface area contributed by atoms with Crippen molar-refractivity contribution in [3.8, 4) is 0 Å². The summed E-state index contributed by atoms with van der Waals surface area (Å²) in [6.45, 7) is 16.7. The first-order valence-corrected chi connectivity index (χ1v) is 9.34. The smallest absolute Gasteiger partial charge is 0.150 e.